The molecular formula is C7H12N2O. The Balaban J connectivity index is 1.84. The highest BCUT2D eigenvalue weighted by Crippen LogP contribution is 2.29. The van der Waals surface area contributed by atoms with Crippen LogP contribution in [0.3, 0.4) is 0 Å². The van der Waals surface area contributed by atoms with Crippen LogP contribution in [0.5, 0.6) is 0 Å². The first-order chi connectivity index (χ1) is 4.86. The van der Waals surface area contributed by atoms with E-state index in [-0.39, 0.29) is 5.91 Å². The van der Waals surface area contributed by atoms with E-state index in [1.165, 1.54) is 12.8 Å². The summed E-state index contributed by atoms with van der Waals surface area (Å²) in [4.78, 5) is 12.9. The highest BCUT2D eigenvalue weighted by molar-refractivity contribution is 5.80. The highest BCUT2D eigenvalue weighted by Gasteiger charge is 2.28. The summed E-state index contributed by atoms with van der Waals surface area (Å²) >= 11 is 0. The molecule has 0 spiro atoms. The van der Waals surface area contributed by atoms with Crippen molar-refractivity contribution in [3.63, 3.8) is 0 Å². The minimum absolute atomic E-state index is 0.270. The number of amides is 1. The molecule has 10 heavy (non-hydrogen) atoms. The smallest absolute Gasteiger partial charge is 0.237 e. The SMILES string of the molecule is O=C1CNCN1CC1CC1. The van der Waals surface area contributed by atoms with E-state index in [1.54, 1.807) is 0 Å². The largest absolute Gasteiger partial charge is 0.329 e. The van der Waals surface area contributed by atoms with E-state index in [1.807, 2.05) is 4.90 Å². The van der Waals surface area contributed by atoms with E-state index in [2.05, 4.69) is 5.32 Å². The predicted molar refractivity (Wildman–Crippen MR) is 37.3 cm³/mol. The number of nitrogens with zero attached hydrogens (tertiary/aromatic N) is 1. The molecule has 0 bridgehead atoms. The lowest BCUT2D eigenvalue weighted by molar-refractivity contribution is -0.126. The first-order valence-electron chi connectivity index (χ1n) is 3.85. The van der Waals surface area contributed by atoms with Crippen molar-refractivity contribution in [3.8, 4) is 0 Å². The molecule has 1 saturated heterocycles. The normalized spacial score (nSPS) is 26.0. The van der Waals surface area contributed by atoms with Crippen molar-refractivity contribution >= 4 is 5.91 Å². The van der Waals surface area contributed by atoms with Crippen LogP contribution < -0.4 is 5.32 Å². The van der Waals surface area contributed by atoms with Crippen LogP contribution in [0.4, 0.5) is 0 Å². The first-order valence-corrected chi connectivity index (χ1v) is 3.85. The fourth-order valence-corrected chi connectivity index (χ4v) is 1.28. The van der Waals surface area contributed by atoms with Crippen LogP contribution in [0.15, 0.2) is 0 Å². The predicted octanol–water partition coefficient (Wildman–Crippen LogP) is -0.214. The lowest BCUT2D eigenvalue weighted by Gasteiger charge is -2.12. The summed E-state index contributed by atoms with van der Waals surface area (Å²) in [5.74, 6) is 1.09. The molecule has 56 valence electrons. The van der Waals surface area contributed by atoms with Crippen LogP contribution in [0.1, 0.15) is 12.8 Å². The average molecular weight is 140 g/mol. The van der Waals surface area contributed by atoms with Crippen LogP contribution in [-0.2, 0) is 4.79 Å². The van der Waals surface area contributed by atoms with Gasteiger partial charge in [0.15, 0.2) is 0 Å². The summed E-state index contributed by atoms with van der Waals surface area (Å²) in [6.07, 6.45) is 2.65. The Kier molecular flexibility index (Phi) is 1.38. The molecule has 1 aliphatic heterocycles. The minimum Gasteiger partial charge on any atom is -0.329 e. The van der Waals surface area contributed by atoms with E-state index in [9.17, 15) is 4.79 Å². The molecule has 0 aromatic carbocycles. The van der Waals surface area contributed by atoms with Gasteiger partial charge in [-0.05, 0) is 18.8 Å². The second-order valence-corrected chi connectivity index (χ2v) is 3.14. The van der Waals surface area contributed by atoms with E-state index in [0.717, 1.165) is 19.1 Å². The van der Waals surface area contributed by atoms with Gasteiger partial charge in [-0.1, -0.05) is 0 Å². The molecule has 0 aromatic heterocycles. The number of hydrogen-bond donors (Lipinski definition) is 1. The molecule has 1 amide bonds. The third-order valence-corrected chi connectivity index (χ3v) is 2.11. The van der Waals surface area contributed by atoms with Crippen molar-refractivity contribution in [1.29, 1.82) is 0 Å². The van der Waals surface area contributed by atoms with Crippen LogP contribution >= 0.6 is 0 Å². The number of rotatable bonds is 2. The molecule has 1 N–H and O–H groups in total. The Bertz CT molecular complexity index is 154. The maximum absolute atomic E-state index is 11.0. The Morgan fingerprint density at radius 2 is 2.40 bits per heavy atom. The summed E-state index contributed by atoms with van der Waals surface area (Å²) in [5, 5.41) is 3.03. The van der Waals surface area contributed by atoms with Crippen LogP contribution in [0.2, 0.25) is 0 Å². The number of nitrogens with one attached hydrogen (secondary N) is 1. The van der Waals surface area contributed by atoms with Crippen molar-refractivity contribution in [2.75, 3.05) is 19.8 Å². The molecule has 0 aromatic rings. The lowest BCUT2D eigenvalue weighted by atomic mass is 10.4. The van der Waals surface area contributed by atoms with Gasteiger partial charge in [-0.25, -0.2) is 0 Å². The summed E-state index contributed by atoms with van der Waals surface area (Å²) in [7, 11) is 0. The number of carbonyl (C=O) groups is 1. The molecule has 1 saturated carbocycles. The van der Waals surface area contributed by atoms with Crippen molar-refractivity contribution in [3.05, 3.63) is 0 Å². The minimum atomic E-state index is 0.270. The van der Waals surface area contributed by atoms with Crippen molar-refractivity contribution in [2.24, 2.45) is 5.92 Å². The molecule has 3 nitrogen and oxygen atoms in total. The zero-order valence-corrected chi connectivity index (χ0v) is 5.97. The van der Waals surface area contributed by atoms with Crippen molar-refractivity contribution < 1.29 is 4.79 Å². The quantitative estimate of drug-likeness (QED) is 0.575. The third kappa shape index (κ3) is 1.14. The topological polar surface area (TPSA) is 32.3 Å². The molecule has 0 unspecified atom stereocenters. The molecular weight excluding hydrogens is 128 g/mol. The molecule has 2 rings (SSSR count). The monoisotopic (exact) mass is 140 g/mol. The Morgan fingerprint density at radius 3 is 2.90 bits per heavy atom. The van der Waals surface area contributed by atoms with Gasteiger partial charge in [0.05, 0.1) is 13.2 Å². The summed E-state index contributed by atoms with van der Waals surface area (Å²) in [5.41, 5.74) is 0. The molecule has 2 aliphatic rings. The maximum Gasteiger partial charge on any atom is 0.237 e. The molecule has 0 radical (unpaired) electrons. The van der Waals surface area contributed by atoms with Crippen LogP contribution in [0.25, 0.3) is 0 Å². The van der Waals surface area contributed by atoms with Gasteiger partial charge in [0.2, 0.25) is 5.91 Å². The number of hydrogen-bond acceptors (Lipinski definition) is 2. The second-order valence-electron chi connectivity index (χ2n) is 3.14. The van der Waals surface area contributed by atoms with Gasteiger partial charge in [0, 0.05) is 6.54 Å². The van der Waals surface area contributed by atoms with Gasteiger partial charge < -0.3 is 4.90 Å². The number of carbonyl (C=O) groups excluding carboxylic acids is 1. The second kappa shape index (κ2) is 2.23. The Labute approximate surface area is 60.4 Å². The summed E-state index contributed by atoms with van der Waals surface area (Å²) in [6, 6.07) is 0. The fraction of sp³-hybridized carbons (Fsp3) is 0.857. The fourth-order valence-electron chi connectivity index (χ4n) is 1.28. The van der Waals surface area contributed by atoms with E-state index >= 15 is 0 Å². The third-order valence-electron chi connectivity index (χ3n) is 2.11. The van der Waals surface area contributed by atoms with Crippen LogP contribution in [0, 0.1) is 5.92 Å². The highest BCUT2D eigenvalue weighted by atomic mass is 16.2. The summed E-state index contributed by atoms with van der Waals surface area (Å²) < 4.78 is 0. The standard InChI is InChI=1S/C7H12N2O/c10-7-3-8-5-9(7)4-6-1-2-6/h6,8H,1-5H2. The van der Waals surface area contributed by atoms with Crippen molar-refractivity contribution in [1.82, 2.24) is 10.2 Å². The van der Waals surface area contributed by atoms with Gasteiger partial charge in [-0.3, -0.25) is 10.1 Å². The Morgan fingerprint density at radius 1 is 1.60 bits per heavy atom. The molecule has 2 fully saturated rings. The zero-order chi connectivity index (χ0) is 6.97. The Hall–Kier alpha value is -0.570. The van der Waals surface area contributed by atoms with E-state index in [4.69, 9.17) is 0 Å². The van der Waals surface area contributed by atoms with Gasteiger partial charge in [-0.2, -0.15) is 0 Å². The maximum atomic E-state index is 11.0. The first kappa shape index (κ1) is 6.16. The van der Waals surface area contributed by atoms with Crippen molar-refractivity contribution in [2.45, 2.75) is 12.8 Å². The van der Waals surface area contributed by atoms with E-state index in [0.29, 0.717) is 6.54 Å². The summed E-state index contributed by atoms with van der Waals surface area (Å²) in [6.45, 7) is 2.31. The molecule has 1 aliphatic carbocycles. The van der Waals surface area contributed by atoms with E-state index < -0.39 is 0 Å². The zero-order valence-electron chi connectivity index (χ0n) is 5.97. The average Bonchev–Trinajstić information content (AvgIpc) is 2.62. The van der Waals surface area contributed by atoms with Crippen LogP contribution in [-0.4, -0.2) is 30.6 Å². The van der Waals surface area contributed by atoms with Gasteiger partial charge in [0.25, 0.3) is 0 Å². The molecule has 3 heteroatoms. The molecule has 0 atom stereocenters. The van der Waals surface area contributed by atoms with Gasteiger partial charge in [0.1, 0.15) is 0 Å². The van der Waals surface area contributed by atoms with Gasteiger partial charge in [-0.15, -0.1) is 0 Å². The molecule has 1 heterocycles. The van der Waals surface area contributed by atoms with Gasteiger partial charge >= 0.3 is 0 Å². The lowest BCUT2D eigenvalue weighted by Crippen LogP contribution is -2.28.